The first-order valence-electron chi connectivity index (χ1n) is 7.63. The summed E-state index contributed by atoms with van der Waals surface area (Å²) in [5.41, 5.74) is 5.01. The smallest absolute Gasteiger partial charge is 0.0645 e. The predicted molar refractivity (Wildman–Crippen MR) is 94.0 cm³/mol. The fraction of sp³-hybridized carbons (Fsp3) is 0.263. The second kappa shape index (κ2) is 5.33. The highest BCUT2D eigenvalue weighted by Crippen LogP contribution is 2.51. The van der Waals surface area contributed by atoms with Gasteiger partial charge in [-0.25, -0.2) is 0 Å². The molecule has 1 aliphatic heterocycles. The van der Waals surface area contributed by atoms with Gasteiger partial charge in [0.25, 0.3) is 0 Å². The Balaban J connectivity index is 1.83. The van der Waals surface area contributed by atoms with Crippen LogP contribution in [0.1, 0.15) is 35.1 Å². The third-order valence-electron chi connectivity index (χ3n) is 4.83. The second-order valence-electron chi connectivity index (χ2n) is 6.21. The van der Waals surface area contributed by atoms with E-state index in [0.717, 1.165) is 12.0 Å². The summed E-state index contributed by atoms with van der Waals surface area (Å²) in [4.78, 5) is 0. The van der Waals surface area contributed by atoms with Gasteiger partial charge in [0.05, 0.1) is 16.1 Å². The Labute approximate surface area is 140 Å². The van der Waals surface area contributed by atoms with Gasteiger partial charge < -0.3 is 5.32 Å². The summed E-state index contributed by atoms with van der Waals surface area (Å²) in [7, 11) is 0. The molecule has 0 radical (unpaired) electrons. The average molecular weight is 330 g/mol. The van der Waals surface area contributed by atoms with Gasteiger partial charge >= 0.3 is 0 Å². The number of benzene rings is 2. The average Bonchev–Trinajstić information content (AvgIpc) is 2.99. The highest BCUT2D eigenvalue weighted by atomic mass is 35.5. The van der Waals surface area contributed by atoms with E-state index in [-0.39, 0.29) is 6.04 Å². The van der Waals surface area contributed by atoms with Crippen molar-refractivity contribution >= 4 is 28.9 Å². The fourth-order valence-corrected chi connectivity index (χ4v) is 4.21. The van der Waals surface area contributed by atoms with Crippen molar-refractivity contribution in [3.8, 4) is 0 Å². The molecule has 0 unspecified atom stereocenters. The van der Waals surface area contributed by atoms with Crippen LogP contribution < -0.4 is 5.32 Å². The minimum atomic E-state index is 0.196. The first kappa shape index (κ1) is 14.2. The lowest BCUT2D eigenvalue weighted by molar-refractivity contribution is 0.425. The highest BCUT2D eigenvalue weighted by molar-refractivity contribution is 6.42. The van der Waals surface area contributed by atoms with E-state index >= 15 is 0 Å². The van der Waals surface area contributed by atoms with Gasteiger partial charge in [-0.2, -0.15) is 0 Å². The van der Waals surface area contributed by atoms with Crippen molar-refractivity contribution in [3.63, 3.8) is 0 Å². The van der Waals surface area contributed by atoms with E-state index < -0.39 is 0 Å². The van der Waals surface area contributed by atoms with Crippen LogP contribution in [0.2, 0.25) is 10.0 Å². The summed E-state index contributed by atoms with van der Waals surface area (Å²) in [6.07, 6.45) is 5.70. The molecule has 0 spiro atoms. The van der Waals surface area contributed by atoms with Crippen molar-refractivity contribution in [2.45, 2.75) is 25.3 Å². The molecule has 0 saturated carbocycles. The number of allylic oxidation sites excluding steroid dienone is 2. The van der Waals surface area contributed by atoms with Gasteiger partial charge in [-0.05, 0) is 42.5 Å². The van der Waals surface area contributed by atoms with Gasteiger partial charge in [-0.3, -0.25) is 0 Å². The molecule has 2 aliphatic rings. The Morgan fingerprint density at radius 1 is 1.09 bits per heavy atom. The molecule has 1 heterocycles. The van der Waals surface area contributed by atoms with E-state index in [1.54, 1.807) is 0 Å². The maximum Gasteiger partial charge on any atom is 0.0645 e. The number of aryl methyl sites for hydroxylation is 1. The van der Waals surface area contributed by atoms with Crippen LogP contribution >= 0.6 is 23.2 Å². The second-order valence-corrected chi connectivity index (χ2v) is 6.99. The van der Waals surface area contributed by atoms with E-state index in [1.807, 2.05) is 12.1 Å². The topological polar surface area (TPSA) is 12.0 Å². The minimum absolute atomic E-state index is 0.196. The largest absolute Gasteiger partial charge is 0.378 e. The van der Waals surface area contributed by atoms with Gasteiger partial charge in [-0.15, -0.1) is 0 Å². The zero-order valence-electron chi connectivity index (χ0n) is 12.3. The van der Waals surface area contributed by atoms with Crippen LogP contribution in [0.5, 0.6) is 0 Å². The molecule has 2 aromatic carbocycles. The van der Waals surface area contributed by atoms with E-state index in [4.69, 9.17) is 23.2 Å². The van der Waals surface area contributed by atoms with Crippen LogP contribution in [0, 0.1) is 12.8 Å². The lowest BCUT2D eigenvalue weighted by atomic mass is 9.76. The molecule has 0 aromatic heterocycles. The molecule has 0 fully saturated rings. The molecule has 0 bridgehead atoms. The predicted octanol–water partition coefficient (Wildman–Crippen LogP) is 6.13. The summed E-state index contributed by atoms with van der Waals surface area (Å²) >= 11 is 12.7. The number of halogens is 2. The molecule has 0 amide bonds. The zero-order chi connectivity index (χ0) is 15.3. The summed E-state index contributed by atoms with van der Waals surface area (Å²) in [5, 5.41) is 4.99. The maximum absolute atomic E-state index is 6.48. The van der Waals surface area contributed by atoms with E-state index in [0.29, 0.717) is 21.9 Å². The van der Waals surface area contributed by atoms with Gasteiger partial charge in [0.15, 0.2) is 0 Å². The Kier molecular flexibility index (Phi) is 3.43. The van der Waals surface area contributed by atoms with Crippen LogP contribution in [0.3, 0.4) is 0 Å². The molecule has 22 heavy (non-hydrogen) atoms. The molecule has 0 saturated heterocycles. The molecule has 3 atom stereocenters. The fourth-order valence-electron chi connectivity index (χ4n) is 3.78. The number of anilines is 1. The summed E-state index contributed by atoms with van der Waals surface area (Å²) < 4.78 is 0. The van der Waals surface area contributed by atoms with Crippen LogP contribution in [-0.2, 0) is 0 Å². The minimum Gasteiger partial charge on any atom is -0.378 e. The van der Waals surface area contributed by atoms with Crippen LogP contribution in [0.4, 0.5) is 5.69 Å². The Morgan fingerprint density at radius 2 is 1.95 bits per heavy atom. The monoisotopic (exact) mass is 329 g/mol. The van der Waals surface area contributed by atoms with Crippen LogP contribution in [-0.4, -0.2) is 0 Å². The lowest BCUT2D eigenvalue weighted by Crippen LogP contribution is -2.29. The van der Waals surface area contributed by atoms with Gasteiger partial charge in [0, 0.05) is 11.6 Å². The highest BCUT2D eigenvalue weighted by Gasteiger charge is 2.38. The van der Waals surface area contributed by atoms with E-state index in [2.05, 4.69) is 48.7 Å². The Hall–Kier alpha value is -1.44. The normalized spacial score (nSPS) is 25.5. The quantitative estimate of drug-likeness (QED) is 0.620. The van der Waals surface area contributed by atoms with Crippen molar-refractivity contribution < 1.29 is 0 Å². The first-order chi connectivity index (χ1) is 10.6. The van der Waals surface area contributed by atoms with Gasteiger partial charge in [0.2, 0.25) is 0 Å². The number of hydrogen-bond donors (Lipinski definition) is 1. The van der Waals surface area contributed by atoms with E-state index in [9.17, 15) is 0 Å². The molecule has 2 aromatic rings. The third kappa shape index (κ3) is 2.15. The summed E-state index contributed by atoms with van der Waals surface area (Å²) in [6, 6.07) is 12.7. The molecule has 1 nitrogen and oxygen atoms in total. The van der Waals surface area contributed by atoms with Crippen molar-refractivity contribution in [2.24, 2.45) is 5.92 Å². The molecular weight excluding hydrogens is 313 g/mol. The first-order valence-corrected chi connectivity index (χ1v) is 8.38. The van der Waals surface area contributed by atoms with Crippen molar-refractivity contribution in [1.29, 1.82) is 0 Å². The standard InChI is InChI=1S/C19H17Cl2N/c1-11-8-9-17-15(10-11)12-4-2-5-13(12)19(22-17)14-6-3-7-16(20)18(14)21/h2-4,6-10,12-13,19,22H,5H2,1H3/t12-,13-,19-/m1/s1. The van der Waals surface area contributed by atoms with Gasteiger partial charge in [0.1, 0.15) is 0 Å². The molecule has 3 heteroatoms. The Morgan fingerprint density at radius 3 is 2.82 bits per heavy atom. The maximum atomic E-state index is 6.48. The van der Waals surface area contributed by atoms with E-state index in [1.165, 1.54) is 16.8 Å². The van der Waals surface area contributed by atoms with Crippen molar-refractivity contribution in [1.82, 2.24) is 0 Å². The number of hydrogen-bond acceptors (Lipinski definition) is 1. The number of fused-ring (bicyclic) bond motifs is 3. The van der Waals surface area contributed by atoms with Crippen LogP contribution in [0.15, 0.2) is 48.6 Å². The molecule has 1 N–H and O–H groups in total. The van der Waals surface area contributed by atoms with Crippen molar-refractivity contribution in [2.75, 3.05) is 5.32 Å². The molecule has 4 rings (SSSR count). The summed E-state index contributed by atoms with van der Waals surface area (Å²) in [6.45, 7) is 2.15. The molecular formula is C19H17Cl2N. The van der Waals surface area contributed by atoms with Crippen LogP contribution in [0.25, 0.3) is 0 Å². The zero-order valence-corrected chi connectivity index (χ0v) is 13.8. The third-order valence-corrected chi connectivity index (χ3v) is 5.67. The summed E-state index contributed by atoms with van der Waals surface area (Å²) in [5.74, 6) is 0.946. The SMILES string of the molecule is Cc1ccc2c(c1)[C@@H]1C=CC[C@H]1[C@H](c1cccc(Cl)c1Cl)N2. The lowest BCUT2D eigenvalue weighted by Gasteiger charge is -2.38. The Bertz CT molecular complexity index is 766. The van der Waals surface area contributed by atoms with Gasteiger partial charge in [-0.1, -0.05) is 65.2 Å². The number of nitrogens with one attached hydrogen (secondary N) is 1. The molecule has 112 valence electrons. The van der Waals surface area contributed by atoms with Crippen molar-refractivity contribution in [3.05, 3.63) is 75.3 Å². The molecule has 1 aliphatic carbocycles. The number of rotatable bonds is 1.